The molecule has 0 bridgehead atoms. The third kappa shape index (κ3) is 4.23. The SMILES string of the molecule is Cc1ccc(C(=O)N2CCc3nc(C4CCN(Cc5ncc[nH]5)CC4)[nH]c(=O)c3C2)cc1. The van der Waals surface area contributed by atoms with Crippen molar-refractivity contribution < 1.29 is 4.79 Å². The molecule has 8 nitrogen and oxygen atoms in total. The van der Waals surface area contributed by atoms with Crippen molar-refractivity contribution in [3.05, 3.63) is 81.0 Å². The normalized spacial score (nSPS) is 17.3. The molecule has 1 saturated heterocycles. The van der Waals surface area contributed by atoms with E-state index in [1.807, 2.05) is 37.4 Å². The molecule has 32 heavy (non-hydrogen) atoms. The molecule has 2 aromatic heterocycles. The molecule has 8 heteroatoms. The minimum absolute atomic E-state index is 0.0388. The number of aromatic nitrogens is 4. The number of rotatable bonds is 4. The molecule has 0 aliphatic carbocycles. The van der Waals surface area contributed by atoms with E-state index in [0.29, 0.717) is 30.6 Å². The number of carbonyl (C=O) groups excluding carboxylic acids is 1. The van der Waals surface area contributed by atoms with Crippen molar-refractivity contribution in [2.45, 2.75) is 45.2 Å². The molecule has 2 N–H and O–H groups in total. The van der Waals surface area contributed by atoms with Gasteiger partial charge in [-0.05, 0) is 45.0 Å². The number of hydrogen-bond donors (Lipinski definition) is 2. The Labute approximate surface area is 186 Å². The van der Waals surface area contributed by atoms with Gasteiger partial charge < -0.3 is 14.9 Å². The highest BCUT2D eigenvalue weighted by atomic mass is 16.2. The van der Waals surface area contributed by atoms with E-state index in [4.69, 9.17) is 4.98 Å². The molecule has 0 atom stereocenters. The zero-order valence-corrected chi connectivity index (χ0v) is 18.3. The van der Waals surface area contributed by atoms with Gasteiger partial charge in [-0.15, -0.1) is 0 Å². The molecule has 0 unspecified atom stereocenters. The fourth-order valence-corrected chi connectivity index (χ4v) is 4.65. The van der Waals surface area contributed by atoms with Crippen molar-refractivity contribution in [1.82, 2.24) is 29.7 Å². The lowest BCUT2D eigenvalue weighted by atomic mass is 9.95. The molecule has 1 fully saturated rings. The molecule has 3 aromatic rings. The predicted molar refractivity (Wildman–Crippen MR) is 120 cm³/mol. The van der Waals surface area contributed by atoms with Gasteiger partial charge in [0, 0.05) is 36.8 Å². The summed E-state index contributed by atoms with van der Waals surface area (Å²) in [4.78, 5) is 45.2. The number of amides is 1. The molecule has 0 radical (unpaired) electrons. The van der Waals surface area contributed by atoms with Gasteiger partial charge >= 0.3 is 0 Å². The van der Waals surface area contributed by atoms with Crippen LogP contribution in [0.4, 0.5) is 0 Å². The Bertz CT molecular complexity index is 1140. The van der Waals surface area contributed by atoms with Crippen molar-refractivity contribution >= 4 is 5.91 Å². The Morgan fingerprint density at radius 1 is 1.16 bits per heavy atom. The van der Waals surface area contributed by atoms with Gasteiger partial charge in [0.1, 0.15) is 11.6 Å². The number of benzene rings is 1. The first-order valence-corrected chi connectivity index (χ1v) is 11.3. The number of aryl methyl sites for hydroxylation is 1. The van der Waals surface area contributed by atoms with Gasteiger partial charge in [0.15, 0.2) is 0 Å². The number of aromatic amines is 2. The number of carbonyl (C=O) groups is 1. The van der Waals surface area contributed by atoms with E-state index in [1.165, 1.54) is 0 Å². The summed E-state index contributed by atoms with van der Waals surface area (Å²) in [5.41, 5.74) is 3.13. The molecule has 1 amide bonds. The number of imidazole rings is 1. The Balaban J connectivity index is 1.26. The lowest BCUT2D eigenvalue weighted by Gasteiger charge is -2.32. The molecule has 2 aliphatic rings. The fraction of sp³-hybridized carbons (Fsp3) is 0.417. The van der Waals surface area contributed by atoms with Gasteiger partial charge in [-0.3, -0.25) is 14.5 Å². The minimum Gasteiger partial charge on any atom is -0.348 e. The maximum Gasteiger partial charge on any atom is 0.256 e. The van der Waals surface area contributed by atoms with Gasteiger partial charge in [-0.2, -0.15) is 0 Å². The van der Waals surface area contributed by atoms with Crippen LogP contribution in [-0.4, -0.2) is 55.3 Å². The number of nitrogens with one attached hydrogen (secondary N) is 2. The number of H-pyrrole nitrogens is 2. The van der Waals surface area contributed by atoms with Crippen molar-refractivity contribution in [2.24, 2.45) is 0 Å². The second-order valence-electron chi connectivity index (χ2n) is 8.81. The average Bonchev–Trinajstić information content (AvgIpc) is 3.32. The van der Waals surface area contributed by atoms with Crippen LogP contribution < -0.4 is 5.56 Å². The maximum atomic E-state index is 12.9. The van der Waals surface area contributed by atoms with Crippen LogP contribution >= 0.6 is 0 Å². The first-order valence-electron chi connectivity index (χ1n) is 11.3. The Kier molecular flexibility index (Phi) is 5.61. The number of hydrogen-bond acceptors (Lipinski definition) is 5. The van der Waals surface area contributed by atoms with Crippen LogP contribution in [0.3, 0.4) is 0 Å². The van der Waals surface area contributed by atoms with Crippen LogP contribution in [0.25, 0.3) is 0 Å². The van der Waals surface area contributed by atoms with Crippen LogP contribution in [0.2, 0.25) is 0 Å². The van der Waals surface area contributed by atoms with Gasteiger partial charge in [0.2, 0.25) is 0 Å². The van der Waals surface area contributed by atoms with Crippen molar-refractivity contribution in [3.8, 4) is 0 Å². The van der Waals surface area contributed by atoms with E-state index in [9.17, 15) is 9.59 Å². The van der Waals surface area contributed by atoms with Crippen molar-refractivity contribution in [2.75, 3.05) is 19.6 Å². The first kappa shape index (κ1) is 20.6. The maximum absolute atomic E-state index is 12.9. The fourth-order valence-electron chi connectivity index (χ4n) is 4.65. The number of fused-ring (bicyclic) bond motifs is 1. The zero-order chi connectivity index (χ0) is 22.1. The lowest BCUT2D eigenvalue weighted by Crippen LogP contribution is -2.40. The number of nitrogens with zero attached hydrogens (tertiary/aromatic N) is 4. The standard InChI is InChI=1S/C24H28N6O2/c1-16-2-4-18(5-3-16)24(32)30-13-8-20-19(14-30)23(31)28-22(27-20)17-6-11-29(12-7-17)15-21-25-9-10-26-21/h2-5,9-10,17H,6-8,11-15H2,1H3,(H,25,26)(H,27,28,31). The molecule has 5 rings (SSSR count). The van der Waals surface area contributed by atoms with Gasteiger partial charge in [-0.25, -0.2) is 9.97 Å². The largest absolute Gasteiger partial charge is 0.348 e. The van der Waals surface area contributed by atoms with E-state index in [1.54, 1.807) is 11.1 Å². The van der Waals surface area contributed by atoms with Crippen molar-refractivity contribution in [3.63, 3.8) is 0 Å². The quantitative estimate of drug-likeness (QED) is 0.660. The Hall–Kier alpha value is -3.26. The van der Waals surface area contributed by atoms with Gasteiger partial charge in [0.05, 0.1) is 24.3 Å². The zero-order valence-electron chi connectivity index (χ0n) is 18.3. The molecule has 0 saturated carbocycles. The second kappa shape index (κ2) is 8.70. The molecule has 0 spiro atoms. The third-order valence-corrected chi connectivity index (χ3v) is 6.58. The summed E-state index contributed by atoms with van der Waals surface area (Å²) in [6.07, 6.45) is 6.15. The Morgan fingerprint density at radius 2 is 1.94 bits per heavy atom. The van der Waals surface area contributed by atoms with Crippen LogP contribution in [0, 0.1) is 6.92 Å². The monoisotopic (exact) mass is 432 g/mol. The second-order valence-corrected chi connectivity index (χ2v) is 8.81. The summed E-state index contributed by atoms with van der Waals surface area (Å²) >= 11 is 0. The van der Waals surface area contributed by atoms with Crippen molar-refractivity contribution in [1.29, 1.82) is 0 Å². The van der Waals surface area contributed by atoms with E-state index in [2.05, 4.69) is 19.9 Å². The van der Waals surface area contributed by atoms with Crippen LogP contribution in [0.15, 0.2) is 41.5 Å². The first-order chi connectivity index (χ1) is 15.6. The summed E-state index contributed by atoms with van der Waals surface area (Å²) in [6.45, 7) is 5.61. The van der Waals surface area contributed by atoms with Gasteiger partial charge in [-0.1, -0.05) is 17.7 Å². The molecular weight excluding hydrogens is 404 g/mol. The molecular formula is C24H28N6O2. The number of piperidine rings is 1. The third-order valence-electron chi connectivity index (χ3n) is 6.58. The van der Waals surface area contributed by atoms with E-state index in [-0.39, 0.29) is 17.4 Å². The summed E-state index contributed by atoms with van der Waals surface area (Å²) in [6, 6.07) is 7.56. The molecule has 2 aliphatic heterocycles. The Morgan fingerprint density at radius 3 is 2.66 bits per heavy atom. The molecule has 4 heterocycles. The van der Waals surface area contributed by atoms with Crippen LogP contribution in [0.1, 0.15) is 57.6 Å². The van der Waals surface area contributed by atoms with E-state index >= 15 is 0 Å². The smallest absolute Gasteiger partial charge is 0.256 e. The molecule has 1 aromatic carbocycles. The van der Waals surface area contributed by atoms with Gasteiger partial charge in [0.25, 0.3) is 11.5 Å². The highest BCUT2D eigenvalue weighted by Gasteiger charge is 2.28. The van der Waals surface area contributed by atoms with Crippen LogP contribution in [-0.2, 0) is 19.5 Å². The average molecular weight is 433 g/mol. The summed E-state index contributed by atoms with van der Waals surface area (Å²) < 4.78 is 0. The summed E-state index contributed by atoms with van der Waals surface area (Å²) in [5, 5.41) is 0. The minimum atomic E-state index is -0.107. The van der Waals surface area contributed by atoms with E-state index < -0.39 is 0 Å². The number of likely N-dealkylation sites (tertiary alicyclic amines) is 1. The summed E-state index contributed by atoms with van der Waals surface area (Å²) in [7, 11) is 0. The highest BCUT2D eigenvalue weighted by molar-refractivity contribution is 5.94. The van der Waals surface area contributed by atoms with E-state index in [0.717, 1.165) is 55.4 Å². The lowest BCUT2D eigenvalue weighted by molar-refractivity contribution is 0.0732. The van der Waals surface area contributed by atoms with Crippen LogP contribution in [0.5, 0.6) is 0 Å². The predicted octanol–water partition coefficient (Wildman–Crippen LogP) is 2.38. The highest BCUT2D eigenvalue weighted by Crippen LogP contribution is 2.27. The summed E-state index contributed by atoms with van der Waals surface area (Å²) in [5.74, 6) is 1.99. The topological polar surface area (TPSA) is 98.0 Å². The molecule has 166 valence electrons.